The fraction of sp³-hybridized carbons (Fsp3) is 0.333. The molecule has 0 saturated heterocycles. The molecule has 2 rings (SSSR count). The number of esters is 1. The summed E-state index contributed by atoms with van der Waals surface area (Å²) in [5, 5.41) is 4.75. The van der Waals surface area contributed by atoms with E-state index in [9.17, 15) is 4.79 Å². The Kier molecular flexibility index (Phi) is 4.08. The van der Waals surface area contributed by atoms with Gasteiger partial charge in [-0.3, -0.25) is 0 Å². The minimum Gasteiger partial charge on any atom is -0.461 e. The highest BCUT2D eigenvalue weighted by Gasteiger charge is 2.20. The second kappa shape index (κ2) is 5.77. The highest BCUT2D eigenvalue weighted by molar-refractivity contribution is 6.10. The maximum atomic E-state index is 12.1. The largest absolute Gasteiger partial charge is 0.461 e. The van der Waals surface area contributed by atoms with Crippen molar-refractivity contribution in [2.75, 3.05) is 13.7 Å². The molecule has 5 heteroatoms. The van der Waals surface area contributed by atoms with Crippen LogP contribution in [0.5, 0.6) is 0 Å². The molecule has 0 unspecified atom stereocenters. The Morgan fingerprint density at radius 2 is 2.05 bits per heavy atom. The molecule has 1 aromatic carbocycles. The minimum absolute atomic E-state index is 0.326. The summed E-state index contributed by atoms with van der Waals surface area (Å²) in [5.41, 5.74) is 4.15. The lowest BCUT2D eigenvalue weighted by atomic mass is 10.0. The van der Waals surface area contributed by atoms with E-state index in [1.165, 1.54) is 13.3 Å². The van der Waals surface area contributed by atoms with Crippen molar-refractivity contribution in [1.82, 2.24) is 4.98 Å². The van der Waals surface area contributed by atoms with E-state index >= 15 is 0 Å². The standard InChI is InChI=1S/C15H18N2O3/c1-5-20-15(18)14-11(8-16-19-4)12-9(2)6-7-10(3)13(12)17-14/h6-8,17H,5H2,1-4H3. The molecule has 1 heterocycles. The molecule has 0 aliphatic heterocycles. The number of H-pyrrole nitrogens is 1. The predicted octanol–water partition coefficient (Wildman–Crippen LogP) is 2.94. The third kappa shape index (κ3) is 2.39. The summed E-state index contributed by atoms with van der Waals surface area (Å²) in [4.78, 5) is 19.9. The van der Waals surface area contributed by atoms with Crippen LogP contribution in [-0.2, 0) is 9.57 Å². The van der Waals surface area contributed by atoms with Gasteiger partial charge in [0.2, 0.25) is 0 Å². The zero-order valence-corrected chi connectivity index (χ0v) is 12.1. The van der Waals surface area contributed by atoms with E-state index in [1.807, 2.05) is 26.0 Å². The van der Waals surface area contributed by atoms with E-state index in [0.717, 1.165) is 22.0 Å². The molecule has 1 N–H and O–H groups in total. The van der Waals surface area contributed by atoms with Crippen molar-refractivity contribution >= 4 is 23.1 Å². The molecule has 0 radical (unpaired) electrons. The van der Waals surface area contributed by atoms with Crippen LogP contribution >= 0.6 is 0 Å². The van der Waals surface area contributed by atoms with Gasteiger partial charge in [-0.25, -0.2) is 4.79 Å². The van der Waals surface area contributed by atoms with Gasteiger partial charge in [0.05, 0.1) is 12.8 Å². The van der Waals surface area contributed by atoms with Crippen molar-refractivity contribution < 1.29 is 14.4 Å². The summed E-state index contributed by atoms with van der Waals surface area (Å²) in [7, 11) is 1.47. The van der Waals surface area contributed by atoms with Gasteiger partial charge in [0.1, 0.15) is 12.8 Å². The second-order valence-corrected chi connectivity index (χ2v) is 4.50. The van der Waals surface area contributed by atoms with Crippen LogP contribution in [0.4, 0.5) is 0 Å². The van der Waals surface area contributed by atoms with Crippen molar-refractivity contribution in [2.45, 2.75) is 20.8 Å². The summed E-state index contributed by atoms with van der Waals surface area (Å²) >= 11 is 0. The Morgan fingerprint density at radius 3 is 2.70 bits per heavy atom. The average Bonchev–Trinajstić information content (AvgIpc) is 2.81. The Labute approximate surface area is 117 Å². The topological polar surface area (TPSA) is 63.7 Å². The number of hydrogen-bond acceptors (Lipinski definition) is 4. The van der Waals surface area contributed by atoms with E-state index in [2.05, 4.69) is 10.1 Å². The number of aromatic amines is 1. The summed E-state index contributed by atoms with van der Waals surface area (Å²) in [5.74, 6) is -0.389. The summed E-state index contributed by atoms with van der Waals surface area (Å²) in [6.07, 6.45) is 1.54. The normalized spacial score (nSPS) is 11.2. The number of benzene rings is 1. The number of rotatable bonds is 4. The summed E-state index contributed by atoms with van der Waals surface area (Å²) < 4.78 is 5.09. The number of carbonyl (C=O) groups excluding carboxylic acids is 1. The van der Waals surface area contributed by atoms with Gasteiger partial charge in [0.15, 0.2) is 0 Å². The van der Waals surface area contributed by atoms with Crippen LogP contribution in [-0.4, -0.2) is 30.9 Å². The van der Waals surface area contributed by atoms with Crippen molar-refractivity contribution in [3.63, 3.8) is 0 Å². The average molecular weight is 274 g/mol. The highest BCUT2D eigenvalue weighted by atomic mass is 16.6. The van der Waals surface area contributed by atoms with E-state index in [-0.39, 0.29) is 5.97 Å². The maximum Gasteiger partial charge on any atom is 0.355 e. The molecule has 2 aromatic rings. The van der Waals surface area contributed by atoms with Gasteiger partial charge in [0, 0.05) is 16.5 Å². The third-order valence-corrected chi connectivity index (χ3v) is 3.18. The number of ether oxygens (including phenoxy) is 1. The van der Waals surface area contributed by atoms with Gasteiger partial charge >= 0.3 is 5.97 Å². The van der Waals surface area contributed by atoms with E-state index in [4.69, 9.17) is 9.57 Å². The van der Waals surface area contributed by atoms with Crippen LogP contribution in [0.3, 0.4) is 0 Å². The number of nitrogens with one attached hydrogen (secondary N) is 1. The molecule has 0 amide bonds. The molecule has 0 spiro atoms. The molecule has 0 atom stereocenters. The molecule has 106 valence electrons. The molecular weight excluding hydrogens is 256 g/mol. The van der Waals surface area contributed by atoms with Crippen LogP contribution in [0, 0.1) is 13.8 Å². The first-order valence-corrected chi connectivity index (χ1v) is 6.45. The van der Waals surface area contributed by atoms with Crippen LogP contribution in [0.1, 0.15) is 34.1 Å². The van der Waals surface area contributed by atoms with Crippen molar-refractivity contribution in [2.24, 2.45) is 5.16 Å². The van der Waals surface area contributed by atoms with Crippen LogP contribution in [0.2, 0.25) is 0 Å². The number of aromatic nitrogens is 1. The van der Waals surface area contributed by atoms with Crippen LogP contribution in [0.25, 0.3) is 10.9 Å². The Bertz CT molecular complexity index is 671. The number of carbonyl (C=O) groups is 1. The lowest BCUT2D eigenvalue weighted by molar-refractivity contribution is 0.0520. The van der Waals surface area contributed by atoms with Crippen LogP contribution in [0.15, 0.2) is 17.3 Å². The number of aryl methyl sites for hydroxylation is 2. The fourth-order valence-electron chi connectivity index (χ4n) is 2.24. The first kappa shape index (κ1) is 14.1. The van der Waals surface area contributed by atoms with E-state index in [0.29, 0.717) is 17.9 Å². The van der Waals surface area contributed by atoms with Gasteiger partial charge in [0.25, 0.3) is 0 Å². The van der Waals surface area contributed by atoms with Crippen molar-refractivity contribution in [1.29, 1.82) is 0 Å². The summed E-state index contributed by atoms with van der Waals surface area (Å²) in [6.45, 7) is 6.09. The number of hydrogen-bond donors (Lipinski definition) is 1. The van der Waals surface area contributed by atoms with Gasteiger partial charge in [-0.2, -0.15) is 0 Å². The Balaban J connectivity index is 2.73. The van der Waals surface area contributed by atoms with Crippen LogP contribution < -0.4 is 0 Å². The molecule has 5 nitrogen and oxygen atoms in total. The zero-order valence-electron chi connectivity index (χ0n) is 12.1. The van der Waals surface area contributed by atoms with E-state index in [1.54, 1.807) is 6.92 Å². The second-order valence-electron chi connectivity index (χ2n) is 4.50. The molecule has 1 aromatic heterocycles. The lowest BCUT2D eigenvalue weighted by Crippen LogP contribution is -2.07. The van der Waals surface area contributed by atoms with E-state index < -0.39 is 0 Å². The van der Waals surface area contributed by atoms with Gasteiger partial charge in [-0.1, -0.05) is 17.3 Å². The Morgan fingerprint density at radius 1 is 1.35 bits per heavy atom. The third-order valence-electron chi connectivity index (χ3n) is 3.18. The predicted molar refractivity (Wildman–Crippen MR) is 78.3 cm³/mol. The Hall–Kier alpha value is -2.30. The van der Waals surface area contributed by atoms with Crippen molar-refractivity contribution in [3.8, 4) is 0 Å². The molecular formula is C15H18N2O3. The molecule has 0 aliphatic rings. The SMILES string of the molecule is CCOC(=O)c1[nH]c2c(C)ccc(C)c2c1C=NOC. The molecule has 20 heavy (non-hydrogen) atoms. The molecule has 0 aliphatic carbocycles. The quantitative estimate of drug-likeness (QED) is 0.529. The number of nitrogens with zero attached hydrogens (tertiary/aromatic N) is 1. The minimum atomic E-state index is -0.389. The molecule has 0 fully saturated rings. The highest BCUT2D eigenvalue weighted by Crippen LogP contribution is 2.27. The number of fused-ring (bicyclic) bond motifs is 1. The zero-order chi connectivity index (χ0) is 14.7. The van der Waals surface area contributed by atoms with Gasteiger partial charge in [-0.15, -0.1) is 0 Å². The fourth-order valence-corrected chi connectivity index (χ4v) is 2.24. The smallest absolute Gasteiger partial charge is 0.355 e. The van der Waals surface area contributed by atoms with Crippen molar-refractivity contribution in [3.05, 3.63) is 34.5 Å². The first-order valence-electron chi connectivity index (χ1n) is 6.45. The van der Waals surface area contributed by atoms with Gasteiger partial charge in [-0.05, 0) is 31.9 Å². The summed E-state index contributed by atoms with van der Waals surface area (Å²) in [6, 6.07) is 4.03. The lowest BCUT2D eigenvalue weighted by Gasteiger charge is -2.01. The maximum absolute atomic E-state index is 12.1. The van der Waals surface area contributed by atoms with Gasteiger partial charge < -0.3 is 14.6 Å². The molecule has 0 saturated carbocycles. The molecule has 0 bridgehead atoms. The monoisotopic (exact) mass is 274 g/mol. The first-order chi connectivity index (χ1) is 9.60. The number of oxime groups is 1.